The number of hydrogen-bond acceptors (Lipinski definition) is 3. The third kappa shape index (κ3) is 3.82. The van der Waals surface area contributed by atoms with Crippen LogP contribution in [0.2, 0.25) is 0 Å². The molecule has 1 aromatic carbocycles. The summed E-state index contributed by atoms with van der Waals surface area (Å²) in [4.78, 5) is 0.342. The third-order valence-electron chi connectivity index (χ3n) is 3.03. The molecule has 0 aromatic heterocycles. The molecular weight excluding hydrogens is 234 g/mol. The molecule has 0 aliphatic carbocycles. The Labute approximate surface area is 104 Å². The Hall–Kier alpha value is -0.870. The van der Waals surface area contributed by atoms with E-state index in [1.807, 2.05) is 6.07 Å². The van der Waals surface area contributed by atoms with Crippen molar-refractivity contribution >= 4 is 9.84 Å². The first-order valence-electron chi connectivity index (χ1n) is 5.92. The van der Waals surface area contributed by atoms with E-state index in [0.717, 1.165) is 18.4 Å². The molecule has 0 saturated heterocycles. The van der Waals surface area contributed by atoms with Gasteiger partial charge in [-0.15, -0.1) is 0 Å². The summed E-state index contributed by atoms with van der Waals surface area (Å²) in [6.45, 7) is 4.22. The van der Waals surface area contributed by atoms with Gasteiger partial charge in [-0.05, 0) is 30.0 Å². The molecular formula is C13H21NO2S. The fourth-order valence-electron chi connectivity index (χ4n) is 1.92. The van der Waals surface area contributed by atoms with Crippen LogP contribution in [-0.2, 0) is 9.84 Å². The van der Waals surface area contributed by atoms with E-state index in [2.05, 4.69) is 13.8 Å². The highest BCUT2D eigenvalue weighted by Crippen LogP contribution is 2.24. The van der Waals surface area contributed by atoms with E-state index in [9.17, 15) is 8.42 Å². The van der Waals surface area contributed by atoms with Crippen molar-refractivity contribution in [2.45, 2.75) is 37.6 Å². The molecule has 0 bridgehead atoms. The maximum absolute atomic E-state index is 11.5. The van der Waals surface area contributed by atoms with Crippen molar-refractivity contribution < 1.29 is 8.42 Å². The molecule has 0 saturated carbocycles. The average Bonchev–Trinajstić information content (AvgIpc) is 2.27. The first-order chi connectivity index (χ1) is 7.86. The van der Waals surface area contributed by atoms with Crippen LogP contribution in [0.1, 0.15) is 38.3 Å². The van der Waals surface area contributed by atoms with Gasteiger partial charge in [-0.25, -0.2) is 8.42 Å². The molecule has 0 aliphatic rings. The lowest BCUT2D eigenvalue weighted by Gasteiger charge is -2.20. The fourth-order valence-corrected chi connectivity index (χ4v) is 2.59. The zero-order valence-electron chi connectivity index (χ0n) is 10.7. The van der Waals surface area contributed by atoms with Gasteiger partial charge in [0.1, 0.15) is 0 Å². The molecule has 1 aromatic rings. The molecule has 0 heterocycles. The number of benzene rings is 1. The quantitative estimate of drug-likeness (QED) is 0.879. The van der Waals surface area contributed by atoms with Gasteiger partial charge in [-0.2, -0.15) is 0 Å². The lowest BCUT2D eigenvalue weighted by molar-refractivity contribution is 0.433. The molecule has 3 nitrogen and oxygen atoms in total. The van der Waals surface area contributed by atoms with E-state index in [1.54, 1.807) is 18.2 Å². The van der Waals surface area contributed by atoms with Gasteiger partial charge in [0.25, 0.3) is 0 Å². The predicted molar refractivity (Wildman–Crippen MR) is 70.6 cm³/mol. The monoisotopic (exact) mass is 255 g/mol. The van der Waals surface area contributed by atoms with Gasteiger partial charge in [0.05, 0.1) is 4.90 Å². The minimum absolute atomic E-state index is 0.100. The number of nitrogens with two attached hydrogens (primary N) is 1. The van der Waals surface area contributed by atoms with Crippen molar-refractivity contribution in [2.75, 3.05) is 6.26 Å². The highest BCUT2D eigenvalue weighted by Gasteiger charge is 2.16. The fraction of sp³-hybridized carbons (Fsp3) is 0.538. The van der Waals surface area contributed by atoms with E-state index < -0.39 is 9.84 Å². The summed E-state index contributed by atoms with van der Waals surface area (Å²) < 4.78 is 22.9. The molecule has 2 atom stereocenters. The number of rotatable bonds is 5. The van der Waals surface area contributed by atoms with E-state index in [-0.39, 0.29) is 6.04 Å². The van der Waals surface area contributed by atoms with Crippen LogP contribution in [0.5, 0.6) is 0 Å². The van der Waals surface area contributed by atoms with Crippen molar-refractivity contribution in [1.82, 2.24) is 0 Å². The van der Waals surface area contributed by atoms with Crippen LogP contribution in [0, 0.1) is 5.92 Å². The first-order valence-corrected chi connectivity index (χ1v) is 7.81. The first kappa shape index (κ1) is 14.2. The van der Waals surface area contributed by atoms with Crippen LogP contribution >= 0.6 is 0 Å². The zero-order valence-corrected chi connectivity index (χ0v) is 11.5. The second-order valence-corrected chi connectivity index (χ2v) is 6.65. The van der Waals surface area contributed by atoms with Crippen LogP contribution in [-0.4, -0.2) is 14.7 Å². The predicted octanol–water partition coefficient (Wildman–Crippen LogP) is 2.53. The normalized spacial score (nSPS) is 15.5. The second kappa shape index (κ2) is 5.65. The van der Waals surface area contributed by atoms with Gasteiger partial charge in [-0.3, -0.25) is 0 Å². The third-order valence-corrected chi connectivity index (χ3v) is 4.14. The summed E-state index contributed by atoms with van der Waals surface area (Å²) in [5, 5.41) is 0. The maximum atomic E-state index is 11.5. The molecule has 0 radical (unpaired) electrons. The van der Waals surface area contributed by atoms with Crippen molar-refractivity contribution in [2.24, 2.45) is 11.7 Å². The van der Waals surface area contributed by atoms with Crippen molar-refractivity contribution in [3.05, 3.63) is 29.8 Å². The molecule has 2 N–H and O–H groups in total. The maximum Gasteiger partial charge on any atom is 0.175 e. The van der Waals surface area contributed by atoms with Crippen molar-refractivity contribution in [3.63, 3.8) is 0 Å². The summed E-state index contributed by atoms with van der Waals surface area (Å²) in [6, 6.07) is 6.84. The standard InChI is InChI=1S/C13H21NO2S/c1-4-6-10(2)13(14)11-7-5-8-12(9-11)17(3,15)16/h5,7-10,13H,4,6,14H2,1-3H3. The van der Waals surface area contributed by atoms with Crippen LogP contribution < -0.4 is 5.73 Å². The molecule has 4 heteroatoms. The minimum Gasteiger partial charge on any atom is -0.324 e. The van der Waals surface area contributed by atoms with Crippen LogP contribution in [0.4, 0.5) is 0 Å². The van der Waals surface area contributed by atoms with Gasteiger partial charge in [0.2, 0.25) is 0 Å². The van der Waals surface area contributed by atoms with E-state index in [1.165, 1.54) is 6.26 Å². The highest BCUT2D eigenvalue weighted by molar-refractivity contribution is 7.90. The zero-order chi connectivity index (χ0) is 13.1. The van der Waals surface area contributed by atoms with Gasteiger partial charge in [0, 0.05) is 12.3 Å². The Morgan fingerprint density at radius 3 is 2.53 bits per heavy atom. The van der Waals surface area contributed by atoms with Gasteiger partial charge in [0.15, 0.2) is 9.84 Å². The molecule has 0 amide bonds. The highest BCUT2D eigenvalue weighted by atomic mass is 32.2. The summed E-state index contributed by atoms with van der Waals surface area (Å²) in [6.07, 6.45) is 3.35. The average molecular weight is 255 g/mol. The van der Waals surface area contributed by atoms with Gasteiger partial charge in [-0.1, -0.05) is 32.4 Å². The Morgan fingerprint density at radius 1 is 1.35 bits per heavy atom. The molecule has 17 heavy (non-hydrogen) atoms. The van der Waals surface area contributed by atoms with Crippen LogP contribution in [0.15, 0.2) is 29.2 Å². The summed E-state index contributed by atoms with van der Waals surface area (Å²) in [5.41, 5.74) is 7.04. The number of hydrogen-bond donors (Lipinski definition) is 1. The Bertz CT molecular complexity index is 468. The summed E-state index contributed by atoms with van der Waals surface area (Å²) in [5.74, 6) is 0.356. The van der Waals surface area contributed by atoms with Gasteiger partial charge >= 0.3 is 0 Å². The Morgan fingerprint density at radius 2 is 2.00 bits per heavy atom. The van der Waals surface area contributed by atoms with E-state index >= 15 is 0 Å². The van der Waals surface area contributed by atoms with Gasteiger partial charge < -0.3 is 5.73 Å². The van der Waals surface area contributed by atoms with E-state index in [0.29, 0.717) is 10.8 Å². The molecule has 96 valence electrons. The minimum atomic E-state index is -3.15. The topological polar surface area (TPSA) is 60.2 Å². The number of sulfone groups is 1. The lowest BCUT2D eigenvalue weighted by atomic mass is 9.92. The molecule has 0 aliphatic heterocycles. The molecule has 1 rings (SSSR count). The largest absolute Gasteiger partial charge is 0.324 e. The van der Waals surface area contributed by atoms with Crippen LogP contribution in [0.25, 0.3) is 0 Å². The van der Waals surface area contributed by atoms with Crippen molar-refractivity contribution in [3.8, 4) is 0 Å². The lowest BCUT2D eigenvalue weighted by Crippen LogP contribution is -2.19. The Kier molecular flexibility index (Phi) is 4.71. The summed E-state index contributed by atoms with van der Waals surface area (Å²) >= 11 is 0. The smallest absolute Gasteiger partial charge is 0.175 e. The molecule has 0 fully saturated rings. The Balaban J connectivity index is 3.00. The second-order valence-electron chi connectivity index (χ2n) is 4.64. The molecule has 0 spiro atoms. The van der Waals surface area contributed by atoms with E-state index in [4.69, 9.17) is 5.73 Å². The SMILES string of the molecule is CCCC(C)C(N)c1cccc(S(C)(=O)=O)c1. The van der Waals surface area contributed by atoms with Crippen molar-refractivity contribution in [1.29, 1.82) is 0 Å². The molecule has 2 unspecified atom stereocenters. The van der Waals surface area contributed by atoms with Crippen LogP contribution in [0.3, 0.4) is 0 Å². The summed E-state index contributed by atoms with van der Waals surface area (Å²) in [7, 11) is -3.15.